The molecule has 1 aliphatic rings. The van der Waals surface area contributed by atoms with Gasteiger partial charge in [-0.2, -0.15) is 13.2 Å². The van der Waals surface area contributed by atoms with Gasteiger partial charge in [0.25, 0.3) is 5.91 Å². The summed E-state index contributed by atoms with van der Waals surface area (Å²) in [5.41, 5.74) is 5.59. The zero-order chi connectivity index (χ0) is 14.9. The number of aromatic nitrogens is 1. The molecule has 4 nitrogen and oxygen atoms in total. The largest absolute Gasteiger partial charge is 0.406 e. The van der Waals surface area contributed by atoms with Gasteiger partial charge in [-0.1, -0.05) is 0 Å². The molecule has 1 atom stereocenters. The first kappa shape index (κ1) is 14.6. The molecule has 0 aromatic carbocycles. The number of nitrogen functional groups attached to an aromatic ring is 1. The number of nitrogens with zero attached hydrogens (tertiary/aromatic N) is 2. The molecular formula is C13H16F3N3O. The van der Waals surface area contributed by atoms with Crippen LogP contribution in [0.2, 0.25) is 0 Å². The zero-order valence-corrected chi connectivity index (χ0v) is 11.0. The Morgan fingerprint density at radius 2 is 2.20 bits per heavy atom. The van der Waals surface area contributed by atoms with Gasteiger partial charge in [0, 0.05) is 12.2 Å². The second-order valence-electron chi connectivity index (χ2n) is 5.07. The SMILES string of the molecule is CC(C1CC1)N(CC(F)(F)F)C(=O)c1ncccc1N. The van der Waals surface area contributed by atoms with Gasteiger partial charge in [0.2, 0.25) is 0 Å². The molecule has 0 aliphatic heterocycles. The summed E-state index contributed by atoms with van der Waals surface area (Å²) in [4.78, 5) is 16.9. The first-order valence-electron chi connectivity index (χ1n) is 6.38. The van der Waals surface area contributed by atoms with Gasteiger partial charge in [-0.3, -0.25) is 4.79 Å². The molecule has 0 radical (unpaired) electrons. The lowest BCUT2D eigenvalue weighted by molar-refractivity contribution is -0.144. The van der Waals surface area contributed by atoms with Gasteiger partial charge in [0.15, 0.2) is 5.69 Å². The van der Waals surface area contributed by atoms with Crippen LogP contribution in [-0.2, 0) is 0 Å². The van der Waals surface area contributed by atoms with Crippen molar-refractivity contribution in [1.82, 2.24) is 9.88 Å². The number of carbonyl (C=O) groups is 1. The molecule has 1 amide bonds. The quantitative estimate of drug-likeness (QED) is 0.925. The summed E-state index contributed by atoms with van der Waals surface area (Å²) in [7, 11) is 0. The summed E-state index contributed by atoms with van der Waals surface area (Å²) in [5.74, 6) is -0.633. The average molecular weight is 287 g/mol. The molecule has 1 saturated carbocycles. The van der Waals surface area contributed by atoms with Crippen molar-refractivity contribution in [3.05, 3.63) is 24.0 Å². The third-order valence-electron chi connectivity index (χ3n) is 3.45. The number of carbonyl (C=O) groups excluding carboxylic acids is 1. The first-order chi connectivity index (χ1) is 9.29. The summed E-state index contributed by atoms with van der Waals surface area (Å²) in [6.07, 6.45) is -1.40. The summed E-state index contributed by atoms with van der Waals surface area (Å²) < 4.78 is 38.0. The smallest absolute Gasteiger partial charge is 0.397 e. The van der Waals surface area contributed by atoms with Gasteiger partial charge in [-0.05, 0) is 37.8 Å². The Labute approximate surface area is 114 Å². The van der Waals surface area contributed by atoms with Crippen LogP contribution in [0.1, 0.15) is 30.3 Å². The van der Waals surface area contributed by atoms with Crippen molar-refractivity contribution >= 4 is 11.6 Å². The van der Waals surface area contributed by atoms with Crippen molar-refractivity contribution in [3.8, 4) is 0 Å². The predicted molar refractivity (Wildman–Crippen MR) is 67.9 cm³/mol. The van der Waals surface area contributed by atoms with E-state index in [0.29, 0.717) is 0 Å². The Balaban J connectivity index is 2.25. The van der Waals surface area contributed by atoms with Gasteiger partial charge < -0.3 is 10.6 Å². The molecule has 1 heterocycles. The number of halogens is 3. The maximum Gasteiger partial charge on any atom is 0.406 e. The number of amides is 1. The topological polar surface area (TPSA) is 59.2 Å². The number of nitrogens with two attached hydrogens (primary N) is 1. The van der Waals surface area contributed by atoms with E-state index in [1.54, 1.807) is 6.92 Å². The Kier molecular flexibility index (Phi) is 3.87. The van der Waals surface area contributed by atoms with E-state index in [1.807, 2.05) is 0 Å². The Hall–Kier alpha value is -1.79. The molecule has 1 aromatic heterocycles. The molecular weight excluding hydrogens is 271 g/mol. The minimum atomic E-state index is -4.44. The van der Waals surface area contributed by atoms with Crippen LogP contribution in [0.3, 0.4) is 0 Å². The number of alkyl halides is 3. The predicted octanol–water partition coefficient (Wildman–Crippen LogP) is 2.47. The highest BCUT2D eigenvalue weighted by atomic mass is 19.4. The summed E-state index contributed by atoms with van der Waals surface area (Å²) >= 11 is 0. The zero-order valence-electron chi connectivity index (χ0n) is 11.0. The number of pyridine rings is 1. The number of anilines is 1. The van der Waals surface area contributed by atoms with E-state index in [1.165, 1.54) is 18.3 Å². The molecule has 7 heteroatoms. The molecule has 1 aliphatic carbocycles. The summed E-state index contributed by atoms with van der Waals surface area (Å²) in [6, 6.07) is 2.52. The van der Waals surface area contributed by atoms with Crippen LogP contribution in [0.15, 0.2) is 18.3 Å². The van der Waals surface area contributed by atoms with Crippen LogP contribution in [-0.4, -0.2) is 34.6 Å². The number of hydrogen-bond acceptors (Lipinski definition) is 3. The van der Waals surface area contributed by atoms with Crippen LogP contribution in [0.4, 0.5) is 18.9 Å². The Morgan fingerprint density at radius 3 is 2.70 bits per heavy atom. The van der Waals surface area contributed by atoms with Crippen LogP contribution >= 0.6 is 0 Å². The molecule has 1 unspecified atom stereocenters. The van der Waals surface area contributed by atoms with Crippen LogP contribution in [0.5, 0.6) is 0 Å². The van der Waals surface area contributed by atoms with E-state index in [2.05, 4.69) is 4.98 Å². The molecule has 1 aromatic rings. The molecule has 2 rings (SSSR count). The highest BCUT2D eigenvalue weighted by Gasteiger charge is 2.41. The maximum absolute atomic E-state index is 12.7. The van der Waals surface area contributed by atoms with Gasteiger partial charge in [0.1, 0.15) is 6.54 Å². The third-order valence-corrected chi connectivity index (χ3v) is 3.45. The molecule has 0 spiro atoms. The first-order valence-corrected chi connectivity index (χ1v) is 6.38. The fraction of sp³-hybridized carbons (Fsp3) is 0.538. The minimum absolute atomic E-state index is 0.0904. The molecule has 0 saturated heterocycles. The third kappa shape index (κ3) is 3.40. The lowest BCUT2D eigenvalue weighted by Crippen LogP contribution is -2.45. The highest BCUT2D eigenvalue weighted by molar-refractivity contribution is 5.97. The normalized spacial score (nSPS) is 16.8. The van der Waals surface area contributed by atoms with Crippen molar-refractivity contribution in [2.24, 2.45) is 5.92 Å². The number of rotatable bonds is 4. The van der Waals surface area contributed by atoms with Gasteiger partial charge in [-0.25, -0.2) is 4.98 Å². The van der Waals surface area contributed by atoms with Crippen LogP contribution in [0.25, 0.3) is 0 Å². The summed E-state index contributed by atoms with van der Waals surface area (Å²) in [5, 5.41) is 0. The van der Waals surface area contributed by atoms with Crippen molar-refractivity contribution in [1.29, 1.82) is 0 Å². The van der Waals surface area contributed by atoms with E-state index in [0.717, 1.165) is 17.7 Å². The molecule has 1 fully saturated rings. The lowest BCUT2D eigenvalue weighted by atomic mass is 10.1. The molecule has 20 heavy (non-hydrogen) atoms. The van der Waals surface area contributed by atoms with Crippen molar-refractivity contribution in [2.45, 2.75) is 32.0 Å². The lowest BCUT2D eigenvalue weighted by Gasteiger charge is -2.30. The van der Waals surface area contributed by atoms with Crippen molar-refractivity contribution in [2.75, 3.05) is 12.3 Å². The molecule has 0 bridgehead atoms. The summed E-state index contributed by atoms with van der Waals surface area (Å²) in [6.45, 7) is 0.361. The number of hydrogen-bond donors (Lipinski definition) is 1. The van der Waals surface area contributed by atoms with Gasteiger partial charge >= 0.3 is 6.18 Å². The van der Waals surface area contributed by atoms with E-state index in [9.17, 15) is 18.0 Å². The van der Waals surface area contributed by atoms with E-state index >= 15 is 0 Å². The fourth-order valence-electron chi connectivity index (χ4n) is 2.16. The van der Waals surface area contributed by atoms with Gasteiger partial charge in [0.05, 0.1) is 5.69 Å². The van der Waals surface area contributed by atoms with Crippen molar-refractivity contribution < 1.29 is 18.0 Å². The highest BCUT2D eigenvalue weighted by Crippen LogP contribution is 2.36. The molecule has 2 N–H and O–H groups in total. The minimum Gasteiger partial charge on any atom is -0.397 e. The monoisotopic (exact) mass is 287 g/mol. The van der Waals surface area contributed by atoms with Crippen LogP contribution in [0, 0.1) is 5.92 Å². The Morgan fingerprint density at radius 1 is 1.55 bits per heavy atom. The molecule has 110 valence electrons. The second-order valence-corrected chi connectivity index (χ2v) is 5.07. The van der Waals surface area contributed by atoms with Gasteiger partial charge in [-0.15, -0.1) is 0 Å². The van der Waals surface area contributed by atoms with E-state index in [-0.39, 0.29) is 17.3 Å². The van der Waals surface area contributed by atoms with Crippen LogP contribution < -0.4 is 5.73 Å². The second kappa shape index (κ2) is 5.30. The standard InChI is InChI=1S/C13H16F3N3O/c1-8(9-4-5-9)19(7-13(14,15)16)12(20)11-10(17)3-2-6-18-11/h2-3,6,8-9H,4-5,7,17H2,1H3. The fourth-order valence-corrected chi connectivity index (χ4v) is 2.16. The van der Waals surface area contributed by atoms with E-state index in [4.69, 9.17) is 5.73 Å². The van der Waals surface area contributed by atoms with E-state index < -0.39 is 24.7 Å². The van der Waals surface area contributed by atoms with Crippen molar-refractivity contribution in [3.63, 3.8) is 0 Å². The Bertz CT molecular complexity index is 500. The average Bonchev–Trinajstić information content (AvgIpc) is 3.18. The maximum atomic E-state index is 12.7.